The fourth-order valence-corrected chi connectivity index (χ4v) is 4.80. The van der Waals surface area contributed by atoms with E-state index in [1.54, 1.807) is 24.5 Å². The summed E-state index contributed by atoms with van der Waals surface area (Å²) in [5, 5.41) is 0. The maximum Gasteiger partial charge on any atom is 0.286 e. The van der Waals surface area contributed by atoms with Crippen LogP contribution in [0.1, 0.15) is 22.8 Å². The Hall–Kier alpha value is -1.99. The third-order valence-electron chi connectivity index (χ3n) is 3.95. The molecule has 130 valence electrons. The molecule has 1 aliphatic rings. The van der Waals surface area contributed by atoms with E-state index in [0.29, 0.717) is 16.1 Å². The SMILES string of the molecule is CCN(C)/C=N/c1ccc2c(c1)C(=O)N=S2(=O)Cc1ccc(Br)cc1. The Labute approximate surface area is 156 Å². The molecule has 0 aromatic heterocycles. The topological polar surface area (TPSA) is 62.1 Å². The molecule has 3 rings (SSSR count). The van der Waals surface area contributed by atoms with Crippen molar-refractivity contribution in [3.63, 3.8) is 0 Å². The molecule has 0 spiro atoms. The zero-order valence-electron chi connectivity index (χ0n) is 14.0. The summed E-state index contributed by atoms with van der Waals surface area (Å²) in [6, 6.07) is 12.7. The fourth-order valence-electron chi connectivity index (χ4n) is 2.44. The Kier molecular flexibility index (Phi) is 5.06. The summed E-state index contributed by atoms with van der Waals surface area (Å²) in [4.78, 5) is 19.0. The average Bonchev–Trinajstić information content (AvgIpc) is 2.85. The average molecular weight is 420 g/mol. The number of halogens is 1. The third-order valence-corrected chi connectivity index (χ3v) is 6.70. The second kappa shape index (κ2) is 7.09. The van der Waals surface area contributed by atoms with Gasteiger partial charge >= 0.3 is 0 Å². The molecule has 1 heterocycles. The van der Waals surface area contributed by atoms with Crippen molar-refractivity contribution in [2.45, 2.75) is 17.6 Å². The van der Waals surface area contributed by atoms with Crippen molar-refractivity contribution in [1.29, 1.82) is 0 Å². The Bertz CT molecular complexity index is 961. The maximum atomic E-state index is 13.3. The van der Waals surface area contributed by atoms with Crippen LogP contribution in [0.4, 0.5) is 5.69 Å². The number of rotatable bonds is 5. The van der Waals surface area contributed by atoms with Gasteiger partial charge in [0.2, 0.25) is 0 Å². The minimum absolute atomic E-state index is 0.222. The van der Waals surface area contributed by atoms with Gasteiger partial charge in [-0.25, -0.2) is 9.20 Å². The predicted octanol–water partition coefficient (Wildman–Crippen LogP) is 4.24. The number of hydrogen-bond donors (Lipinski definition) is 0. The van der Waals surface area contributed by atoms with Crippen molar-refractivity contribution in [2.24, 2.45) is 9.36 Å². The molecular formula is C18H18BrN3O2S. The van der Waals surface area contributed by atoms with Gasteiger partial charge in [-0.2, -0.15) is 4.36 Å². The van der Waals surface area contributed by atoms with Crippen molar-refractivity contribution < 1.29 is 9.00 Å². The van der Waals surface area contributed by atoms with E-state index in [-0.39, 0.29) is 5.75 Å². The van der Waals surface area contributed by atoms with Crippen LogP contribution in [0.3, 0.4) is 0 Å². The second-order valence-corrected chi connectivity index (χ2v) is 8.91. The highest BCUT2D eigenvalue weighted by Gasteiger charge is 2.29. The second-order valence-electron chi connectivity index (χ2n) is 5.81. The highest BCUT2D eigenvalue weighted by Crippen LogP contribution is 2.32. The summed E-state index contributed by atoms with van der Waals surface area (Å²) in [6.45, 7) is 2.86. The Balaban J connectivity index is 1.93. The number of carbonyl (C=O) groups excluding carboxylic acids is 1. The lowest BCUT2D eigenvalue weighted by Gasteiger charge is -2.09. The lowest BCUT2D eigenvalue weighted by Crippen LogP contribution is -2.14. The minimum atomic E-state index is -2.78. The first-order valence-electron chi connectivity index (χ1n) is 7.83. The molecule has 2 aromatic rings. The van der Waals surface area contributed by atoms with Crippen LogP contribution in [0, 0.1) is 0 Å². The van der Waals surface area contributed by atoms with E-state index in [9.17, 15) is 9.00 Å². The Morgan fingerprint density at radius 1 is 1.24 bits per heavy atom. The normalized spacial score (nSPS) is 19.1. The van der Waals surface area contributed by atoms with E-state index in [4.69, 9.17) is 0 Å². The van der Waals surface area contributed by atoms with E-state index in [2.05, 4.69) is 25.3 Å². The molecule has 0 N–H and O–H groups in total. The summed E-state index contributed by atoms with van der Waals surface area (Å²) in [6.07, 6.45) is 1.71. The molecule has 2 aromatic carbocycles. The molecule has 0 fully saturated rings. The van der Waals surface area contributed by atoms with Crippen molar-refractivity contribution in [2.75, 3.05) is 13.6 Å². The van der Waals surface area contributed by atoms with Crippen LogP contribution >= 0.6 is 15.9 Å². The van der Waals surface area contributed by atoms with Crippen LogP contribution < -0.4 is 0 Å². The summed E-state index contributed by atoms with van der Waals surface area (Å²) in [5.74, 6) is -0.210. The number of aliphatic imine (C=N–C) groups is 1. The first-order valence-corrected chi connectivity index (χ1v) is 10.3. The molecule has 7 heteroatoms. The van der Waals surface area contributed by atoms with Gasteiger partial charge in [0, 0.05) is 18.1 Å². The molecule has 5 nitrogen and oxygen atoms in total. The van der Waals surface area contributed by atoms with Gasteiger partial charge in [-0.05, 0) is 42.8 Å². The van der Waals surface area contributed by atoms with Crippen molar-refractivity contribution >= 4 is 43.6 Å². The largest absolute Gasteiger partial charge is 0.366 e. The Morgan fingerprint density at radius 3 is 2.64 bits per heavy atom. The number of carbonyl (C=O) groups is 1. The fraction of sp³-hybridized carbons (Fsp3) is 0.222. The molecule has 0 radical (unpaired) electrons. The minimum Gasteiger partial charge on any atom is -0.366 e. The number of fused-ring (bicyclic) bond motifs is 1. The summed E-state index contributed by atoms with van der Waals surface area (Å²) in [5.41, 5.74) is 1.91. The van der Waals surface area contributed by atoms with Crippen molar-refractivity contribution in [1.82, 2.24) is 4.90 Å². The lowest BCUT2D eigenvalue weighted by molar-refractivity contribution is 0.101. The van der Waals surface area contributed by atoms with Crippen LogP contribution in [-0.2, 0) is 15.5 Å². The number of amides is 1. The van der Waals surface area contributed by atoms with Crippen molar-refractivity contribution in [3.05, 3.63) is 58.1 Å². The van der Waals surface area contributed by atoms with Gasteiger partial charge in [-0.3, -0.25) is 4.79 Å². The molecule has 25 heavy (non-hydrogen) atoms. The highest BCUT2D eigenvalue weighted by molar-refractivity contribution is 9.10. The smallest absolute Gasteiger partial charge is 0.286 e. The van der Waals surface area contributed by atoms with Crippen LogP contribution in [0.15, 0.2) is 61.2 Å². The van der Waals surface area contributed by atoms with E-state index in [0.717, 1.165) is 16.6 Å². The molecular weight excluding hydrogens is 402 g/mol. The zero-order valence-corrected chi connectivity index (χ0v) is 16.4. The number of benzene rings is 2. The first-order chi connectivity index (χ1) is 11.9. The van der Waals surface area contributed by atoms with Crippen LogP contribution in [0.5, 0.6) is 0 Å². The van der Waals surface area contributed by atoms with E-state index < -0.39 is 15.6 Å². The van der Waals surface area contributed by atoms with Crippen molar-refractivity contribution in [3.8, 4) is 0 Å². The Morgan fingerprint density at radius 2 is 1.96 bits per heavy atom. The van der Waals surface area contributed by atoms with Crippen LogP contribution in [0.25, 0.3) is 0 Å². The molecule has 1 unspecified atom stereocenters. The van der Waals surface area contributed by atoms with E-state index in [1.165, 1.54) is 0 Å². The zero-order chi connectivity index (χ0) is 18.0. The summed E-state index contributed by atoms with van der Waals surface area (Å²) >= 11 is 3.38. The molecule has 0 saturated heterocycles. The van der Waals surface area contributed by atoms with Gasteiger partial charge in [0.1, 0.15) is 0 Å². The predicted molar refractivity (Wildman–Crippen MR) is 104 cm³/mol. The maximum absolute atomic E-state index is 13.3. The molecule has 1 atom stereocenters. The van der Waals surface area contributed by atoms with Crippen LogP contribution in [0.2, 0.25) is 0 Å². The molecule has 0 bridgehead atoms. The number of hydrogen-bond acceptors (Lipinski definition) is 3. The highest BCUT2D eigenvalue weighted by atomic mass is 79.9. The van der Waals surface area contributed by atoms with E-state index >= 15 is 0 Å². The quantitative estimate of drug-likeness (QED) is 0.537. The van der Waals surface area contributed by atoms with Gasteiger partial charge in [0.15, 0.2) is 0 Å². The third kappa shape index (κ3) is 3.82. The van der Waals surface area contributed by atoms with Gasteiger partial charge < -0.3 is 4.90 Å². The lowest BCUT2D eigenvalue weighted by atomic mass is 10.2. The molecule has 0 aliphatic carbocycles. The van der Waals surface area contributed by atoms with E-state index in [1.807, 2.05) is 43.1 Å². The molecule has 1 aliphatic heterocycles. The first kappa shape index (κ1) is 17.8. The monoisotopic (exact) mass is 419 g/mol. The molecule has 1 amide bonds. The summed E-state index contributed by atoms with van der Waals surface area (Å²) < 4.78 is 18.2. The summed E-state index contributed by atoms with van der Waals surface area (Å²) in [7, 11) is -0.864. The van der Waals surface area contributed by atoms with Gasteiger partial charge in [0.05, 0.1) is 38.0 Å². The standard InChI is InChI=1S/C18H18BrN3O2S/c1-3-22(2)12-20-15-8-9-17-16(10-15)18(23)21-25(17,24)11-13-4-6-14(19)7-5-13/h4-10,12H,3,11H2,1-2H3/b20-12+. The van der Waals surface area contributed by atoms with Crippen LogP contribution in [-0.4, -0.2) is 34.9 Å². The molecule has 0 saturated carbocycles. The van der Waals surface area contributed by atoms with Gasteiger partial charge in [-0.1, -0.05) is 28.1 Å². The van der Waals surface area contributed by atoms with Gasteiger partial charge in [-0.15, -0.1) is 0 Å². The van der Waals surface area contributed by atoms with Gasteiger partial charge in [0.25, 0.3) is 5.91 Å². The number of nitrogens with zero attached hydrogens (tertiary/aromatic N) is 3.